The van der Waals surface area contributed by atoms with Gasteiger partial charge in [0.25, 0.3) is 0 Å². The average molecular weight is 272 g/mol. The van der Waals surface area contributed by atoms with Crippen LogP contribution < -0.4 is 5.73 Å². The van der Waals surface area contributed by atoms with Crippen molar-refractivity contribution in [3.63, 3.8) is 0 Å². The number of halogens is 3. The van der Waals surface area contributed by atoms with Crippen LogP contribution in [-0.2, 0) is 0 Å². The number of benzene rings is 2. The molecule has 0 aromatic heterocycles. The Balaban J connectivity index is 2.43. The van der Waals surface area contributed by atoms with Crippen LogP contribution in [0.2, 0.25) is 5.02 Å². The van der Waals surface area contributed by atoms with Crippen LogP contribution in [0, 0.1) is 11.6 Å². The van der Waals surface area contributed by atoms with E-state index in [1.807, 2.05) is 0 Å². The van der Waals surface area contributed by atoms with Crippen molar-refractivity contribution in [3.8, 4) is 0 Å². The normalized spacial score (nSPS) is 10.5. The summed E-state index contributed by atoms with van der Waals surface area (Å²) in [7, 11) is 0. The molecule has 0 unspecified atom stereocenters. The SMILES string of the molecule is Nc1ccc(F)c(F)c1Sc1ccccc1Cl. The molecule has 2 aromatic carbocycles. The Morgan fingerprint density at radius 3 is 2.47 bits per heavy atom. The molecule has 17 heavy (non-hydrogen) atoms. The lowest BCUT2D eigenvalue weighted by molar-refractivity contribution is 0.492. The first-order valence-electron chi connectivity index (χ1n) is 4.75. The largest absolute Gasteiger partial charge is 0.398 e. The lowest BCUT2D eigenvalue weighted by Crippen LogP contribution is -1.95. The van der Waals surface area contributed by atoms with Gasteiger partial charge in [-0.25, -0.2) is 8.78 Å². The van der Waals surface area contributed by atoms with Crippen LogP contribution in [-0.4, -0.2) is 0 Å². The Bertz CT molecular complexity index is 560. The molecule has 2 rings (SSSR count). The van der Waals surface area contributed by atoms with Gasteiger partial charge in [-0.3, -0.25) is 0 Å². The average Bonchev–Trinajstić information content (AvgIpc) is 2.32. The predicted octanol–water partition coefficient (Wildman–Crippen LogP) is 4.35. The predicted molar refractivity (Wildman–Crippen MR) is 66.3 cm³/mol. The molecule has 0 radical (unpaired) electrons. The molecule has 0 atom stereocenters. The molecule has 0 spiro atoms. The Kier molecular flexibility index (Phi) is 3.54. The molecule has 5 heteroatoms. The van der Waals surface area contributed by atoms with Crippen molar-refractivity contribution in [1.82, 2.24) is 0 Å². The van der Waals surface area contributed by atoms with Crippen LogP contribution in [0.1, 0.15) is 0 Å². The summed E-state index contributed by atoms with van der Waals surface area (Å²) in [4.78, 5) is 0.684. The maximum atomic E-state index is 13.6. The van der Waals surface area contributed by atoms with Crippen molar-refractivity contribution in [2.45, 2.75) is 9.79 Å². The molecule has 0 aliphatic rings. The lowest BCUT2D eigenvalue weighted by Gasteiger charge is -2.08. The minimum atomic E-state index is -0.949. The van der Waals surface area contributed by atoms with Gasteiger partial charge >= 0.3 is 0 Å². The van der Waals surface area contributed by atoms with Crippen LogP contribution in [0.3, 0.4) is 0 Å². The van der Waals surface area contributed by atoms with E-state index in [1.54, 1.807) is 24.3 Å². The topological polar surface area (TPSA) is 26.0 Å². The number of rotatable bonds is 2. The summed E-state index contributed by atoms with van der Waals surface area (Å²) in [6.07, 6.45) is 0. The first kappa shape index (κ1) is 12.2. The Labute approximate surface area is 107 Å². The summed E-state index contributed by atoms with van der Waals surface area (Å²) in [6, 6.07) is 9.26. The molecule has 88 valence electrons. The molecular weight excluding hydrogens is 264 g/mol. The molecule has 0 fully saturated rings. The molecule has 0 bridgehead atoms. The quantitative estimate of drug-likeness (QED) is 0.822. The summed E-state index contributed by atoms with van der Waals surface area (Å²) < 4.78 is 26.6. The van der Waals surface area contributed by atoms with Gasteiger partial charge in [-0.15, -0.1) is 0 Å². The fraction of sp³-hybridized carbons (Fsp3) is 0. The summed E-state index contributed by atoms with van der Waals surface area (Å²) in [5.41, 5.74) is 5.81. The van der Waals surface area contributed by atoms with Crippen molar-refractivity contribution in [1.29, 1.82) is 0 Å². The summed E-state index contributed by atoms with van der Waals surface area (Å²) in [5, 5.41) is 0.473. The summed E-state index contributed by atoms with van der Waals surface area (Å²) >= 11 is 6.95. The minimum absolute atomic E-state index is 0.0538. The van der Waals surface area contributed by atoms with Gasteiger partial charge in [0.05, 0.1) is 9.92 Å². The molecule has 2 aromatic rings. The van der Waals surface area contributed by atoms with Crippen LogP contribution in [0.5, 0.6) is 0 Å². The molecule has 0 aliphatic heterocycles. The van der Waals surface area contributed by atoms with Gasteiger partial charge in [-0.1, -0.05) is 35.5 Å². The zero-order chi connectivity index (χ0) is 12.4. The van der Waals surface area contributed by atoms with E-state index in [2.05, 4.69) is 0 Å². The standard InChI is InChI=1S/C12H8ClF2NS/c13-7-3-1-2-4-10(7)17-12-9(16)6-5-8(14)11(12)15/h1-6H,16H2. The van der Waals surface area contributed by atoms with Crippen molar-refractivity contribution in [2.24, 2.45) is 0 Å². The highest BCUT2D eigenvalue weighted by atomic mass is 35.5. The van der Waals surface area contributed by atoms with E-state index in [1.165, 1.54) is 6.07 Å². The highest BCUT2D eigenvalue weighted by Gasteiger charge is 2.14. The molecule has 2 N–H and O–H groups in total. The molecular formula is C12H8ClF2NS. The molecule has 0 saturated heterocycles. The molecule has 0 saturated carbocycles. The van der Waals surface area contributed by atoms with E-state index < -0.39 is 11.6 Å². The number of anilines is 1. The van der Waals surface area contributed by atoms with Gasteiger partial charge in [-0.2, -0.15) is 0 Å². The van der Waals surface area contributed by atoms with Crippen LogP contribution >= 0.6 is 23.4 Å². The van der Waals surface area contributed by atoms with E-state index in [0.29, 0.717) is 9.92 Å². The number of nitrogen functional groups attached to an aromatic ring is 1. The number of hydrogen-bond donors (Lipinski definition) is 1. The first-order chi connectivity index (χ1) is 8.09. The zero-order valence-electron chi connectivity index (χ0n) is 8.58. The van der Waals surface area contributed by atoms with Gasteiger partial charge in [-0.05, 0) is 24.3 Å². The zero-order valence-corrected chi connectivity index (χ0v) is 10.2. The lowest BCUT2D eigenvalue weighted by atomic mass is 10.3. The van der Waals surface area contributed by atoms with Gasteiger partial charge < -0.3 is 5.73 Å². The number of nitrogens with two attached hydrogens (primary N) is 1. The minimum Gasteiger partial charge on any atom is -0.398 e. The Morgan fingerprint density at radius 2 is 1.76 bits per heavy atom. The monoisotopic (exact) mass is 271 g/mol. The van der Waals surface area contributed by atoms with Crippen molar-refractivity contribution >= 4 is 29.1 Å². The van der Waals surface area contributed by atoms with Crippen LogP contribution in [0.25, 0.3) is 0 Å². The van der Waals surface area contributed by atoms with Gasteiger partial charge in [0.15, 0.2) is 11.6 Å². The van der Waals surface area contributed by atoms with E-state index in [-0.39, 0.29) is 10.6 Å². The fourth-order valence-electron chi connectivity index (χ4n) is 1.29. The number of hydrogen-bond acceptors (Lipinski definition) is 2. The maximum Gasteiger partial charge on any atom is 0.174 e. The van der Waals surface area contributed by atoms with Crippen LogP contribution in [0.15, 0.2) is 46.2 Å². The molecule has 0 heterocycles. The van der Waals surface area contributed by atoms with Crippen LogP contribution in [0.4, 0.5) is 14.5 Å². The first-order valence-corrected chi connectivity index (χ1v) is 5.95. The molecule has 1 nitrogen and oxygen atoms in total. The smallest absolute Gasteiger partial charge is 0.174 e. The fourth-order valence-corrected chi connectivity index (χ4v) is 2.44. The van der Waals surface area contributed by atoms with Crippen molar-refractivity contribution in [2.75, 3.05) is 5.73 Å². The highest BCUT2D eigenvalue weighted by molar-refractivity contribution is 7.99. The second-order valence-corrected chi connectivity index (χ2v) is 4.77. The summed E-state index contributed by atoms with van der Waals surface area (Å²) in [6.45, 7) is 0. The summed E-state index contributed by atoms with van der Waals surface area (Å²) in [5.74, 6) is -1.87. The Morgan fingerprint density at radius 1 is 1.06 bits per heavy atom. The van der Waals surface area contributed by atoms with Crippen molar-refractivity contribution in [3.05, 3.63) is 53.1 Å². The third kappa shape index (κ3) is 2.53. The van der Waals surface area contributed by atoms with E-state index in [0.717, 1.165) is 17.8 Å². The van der Waals surface area contributed by atoms with E-state index in [9.17, 15) is 8.78 Å². The molecule has 0 amide bonds. The Hall–Kier alpha value is -1.26. The third-order valence-corrected chi connectivity index (χ3v) is 3.77. The van der Waals surface area contributed by atoms with Gasteiger partial charge in [0.2, 0.25) is 0 Å². The van der Waals surface area contributed by atoms with Gasteiger partial charge in [0, 0.05) is 10.6 Å². The molecule has 0 aliphatic carbocycles. The second-order valence-electron chi connectivity index (χ2n) is 3.31. The van der Waals surface area contributed by atoms with Crippen molar-refractivity contribution < 1.29 is 8.78 Å². The second kappa shape index (κ2) is 4.94. The highest BCUT2D eigenvalue weighted by Crippen LogP contribution is 2.38. The maximum absolute atomic E-state index is 13.6. The van der Waals surface area contributed by atoms with E-state index in [4.69, 9.17) is 17.3 Å². The third-order valence-electron chi connectivity index (χ3n) is 2.13. The van der Waals surface area contributed by atoms with E-state index >= 15 is 0 Å². The van der Waals surface area contributed by atoms with Gasteiger partial charge in [0.1, 0.15) is 0 Å².